The van der Waals surface area contributed by atoms with Crippen LogP contribution in [0.2, 0.25) is 5.15 Å². The van der Waals surface area contributed by atoms with Crippen molar-refractivity contribution in [2.45, 2.75) is 25.8 Å². The molecule has 1 aromatic heterocycles. The smallest absolute Gasteiger partial charge is 0.137 e. The lowest BCUT2D eigenvalue weighted by Gasteiger charge is -2.20. The quantitative estimate of drug-likeness (QED) is 0.820. The van der Waals surface area contributed by atoms with Gasteiger partial charge in [0.2, 0.25) is 0 Å². The monoisotopic (exact) mass is 240 g/mol. The highest BCUT2D eigenvalue weighted by molar-refractivity contribution is 6.30. The summed E-state index contributed by atoms with van der Waals surface area (Å²) in [5.41, 5.74) is 0.921. The molecule has 0 aromatic carbocycles. The Hall–Kier alpha value is -0.870. The van der Waals surface area contributed by atoms with E-state index in [9.17, 15) is 0 Å². The average Bonchev–Trinajstić information content (AvgIpc) is 2.67. The Balaban J connectivity index is 1.96. The van der Waals surface area contributed by atoms with Crippen LogP contribution < -0.4 is 5.32 Å². The molecule has 2 heterocycles. The van der Waals surface area contributed by atoms with Gasteiger partial charge in [-0.15, -0.1) is 0 Å². The second-order valence-electron chi connectivity index (χ2n) is 4.30. The van der Waals surface area contributed by atoms with Gasteiger partial charge in [-0.2, -0.15) is 0 Å². The molecule has 4 nitrogen and oxygen atoms in total. The van der Waals surface area contributed by atoms with Crippen molar-refractivity contribution in [2.75, 3.05) is 25.5 Å². The normalized spacial score (nSPS) is 21.3. The molecule has 0 saturated carbocycles. The summed E-state index contributed by atoms with van der Waals surface area (Å²) >= 11 is 5.94. The van der Waals surface area contributed by atoms with Crippen LogP contribution in [-0.2, 0) is 0 Å². The highest BCUT2D eigenvalue weighted by atomic mass is 35.5. The van der Waals surface area contributed by atoms with Gasteiger partial charge in [-0.05, 0) is 33.4 Å². The number of hydrogen-bond acceptors (Lipinski definition) is 4. The first-order valence-electron chi connectivity index (χ1n) is 5.59. The first-order valence-corrected chi connectivity index (χ1v) is 5.97. The van der Waals surface area contributed by atoms with Crippen molar-refractivity contribution in [1.82, 2.24) is 14.9 Å². The van der Waals surface area contributed by atoms with E-state index < -0.39 is 0 Å². The number of anilines is 1. The first kappa shape index (κ1) is 11.6. The molecule has 0 bridgehead atoms. The average molecular weight is 241 g/mol. The van der Waals surface area contributed by atoms with Crippen LogP contribution in [0, 0.1) is 6.92 Å². The van der Waals surface area contributed by atoms with E-state index in [0.29, 0.717) is 11.2 Å². The molecule has 0 radical (unpaired) electrons. The van der Waals surface area contributed by atoms with Crippen LogP contribution >= 0.6 is 11.6 Å². The molecule has 1 aromatic rings. The molecule has 0 amide bonds. The van der Waals surface area contributed by atoms with E-state index >= 15 is 0 Å². The lowest BCUT2D eigenvalue weighted by molar-refractivity contribution is 0.322. The van der Waals surface area contributed by atoms with Gasteiger partial charge in [-0.3, -0.25) is 0 Å². The molecule has 1 atom stereocenters. The molecule has 1 N–H and O–H groups in total. The number of nitrogens with zero attached hydrogens (tertiary/aromatic N) is 3. The second-order valence-corrected chi connectivity index (χ2v) is 4.65. The van der Waals surface area contributed by atoms with E-state index in [1.807, 2.05) is 6.92 Å². The summed E-state index contributed by atoms with van der Waals surface area (Å²) < 4.78 is 0. The van der Waals surface area contributed by atoms with E-state index in [1.165, 1.54) is 25.7 Å². The van der Waals surface area contributed by atoms with Gasteiger partial charge < -0.3 is 10.2 Å². The fraction of sp³-hybridized carbons (Fsp3) is 0.636. The van der Waals surface area contributed by atoms with Crippen LogP contribution in [-0.4, -0.2) is 41.0 Å². The number of hydrogen-bond donors (Lipinski definition) is 1. The lowest BCUT2D eigenvalue weighted by Crippen LogP contribution is -2.31. The Kier molecular flexibility index (Phi) is 3.61. The fourth-order valence-corrected chi connectivity index (χ4v) is 2.19. The standard InChI is InChI=1S/C11H17ClN4/c1-8-10(12)14-7-15-11(8)13-6-9-4-3-5-16(9)2/h7,9H,3-6H2,1-2H3,(H,13,14,15). The number of likely N-dealkylation sites (tertiary alicyclic amines) is 1. The van der Waals surface area contributed by atoms with Crippen molar-refractivity contribution in [3.63, 3.8) is 0 Å². The van der Waals surface area contributed by atoms with Crippen LogP contribution in [0.1, 0.15) is 18.4 Å². The molecule has 1 fully saturated rings. The molecular weight excluding hydrogens is 224 g/mol. The van der Waals surface area contributed by atoms with Crippen molar-refractivity contribution in [1.29, 1.82) is 0 Å². The van der Waals surface area contributed by atoms with Crippen molar-refractivity contribution < 1.29 is 0 Å². The van der Waals surface area contributed by atoms with Crippen molar-refractivity contribution in [2.24, 2.45) is 0 Å². The number of nitrogens with one attached hydrogen (secondary N) is 1. The summed E-state index contributed by atoms with van der Waals surface area (Å²) in [4.78, 5) is 10.5. The SMILES string of the molecule is Cc1c(Cl)ncnc1NCC1CCCN1C. The van der Waals surface area contributed by atoms with Crippen LogP contribution in [0.3, 0.4) is 0 Å². The molecule has 16 heavy (non-hydrogen) atoms. The molecule has 0 aliphatic carbocycles. The van der Waals surface area contributed by atoms with Crippen molar-refractivity contribution in [3.05, 3.63) is 17.0 Å². The van der Waals surface area contributed by atoms with Gasteiger partial charge in [0.1, 0.15) is 17.3 Å². The Labute approximate surface area is 101 Å². The molecule has 5 heteroatoms. The summed E-state index contributed by atoms with van der Waals surface area (Å²) in [7, 11) is 2.17. The van der Waals surface area contributed by atoms with Crippen LogP contribution in [0.4, 0.5) is 5.82 Å². The third kappa shape index (κ3) is 2.44. The number of likely N-dealkylation sites (N-methyl/N-ethyl adjacent to an activating group) is 1. The third-order valence-electron chi connectivity index (χ3n) is 3.20. The minimum absolute atomic E-state index is 0.525. The Morgan fingerprint density at radius 1 is 1.56 bits per heavy atom. The molecule has 1 aliphatic rings. The number of halogens is 1. The predicted octanol–water partition coefficient (Wildman–Crippen LogP) is 1.94. The minimum Gasteiger partial charge on any atom is -0.368 e. The van der Waals surface area contributed by atoms with Gasteiger partial charge in [-0.1, -0.05) is 11.6 Å². The Morgan fingerprint density at radius 3 is 3.06 bits per heavy atom. The van der Waals surface area contributed by atoms with E-state index in [4.69, 9.17) is 11.6 Å². The van der Waals surface area contributed by atoms with Gasteiger partial charge in [0, 0.05) is 18.2 Å². The van der Waals surface area contributed by atoms with Gasteiger partial charge in [0.25, 0.3) is 0 Å². The zero-order valence-corrected chi connectivity index (χ0v) is 10.5. The van der Waals surface area contributed by atoms with E-state index in [-0.39, 0.29) is 0 Å². The Bertz CT molecular complexity index is 369. The van der Waals surface area contributed by atoms with E-state index in [0.717, 1.165) is 17.9 Å². The van der Waals surface area contributed by atoms with E-state index in [2.05, 4.69) is 27.2 Å². The van der Waals surface area contributed by atoms with Crippen LogP contribution in [0.5, 0.6) is 0 Å². The summed E-state index contributed by atoms with van der Waals surface area (Å²) in [5.74, 6) is 0.848. The maximum absolute atomic E-state index is 5.94. The molecular formula is C11H17ClN4. The fourth-order valence-electron chi connectivity index (χ4n) is 2.06. The van der Waals surface area contributed by atoms with Crippen LogP contribution in [0.25, 0.3) is 0 Å². The first-order chi connectivity index (χ1) is 7.68. The maximum atomic E-state index is 5.94. The van der Waals surface area contributed by atoms with Crippen LogP contribution in [0.15, 0.2) is 6.33 Å². The summed E-state index contributed by atoms with van der Waals surface area (Å²) in [6.45, 7) is 4.05. The van der Waals surface area contributed by atoms with Gasteiger partial charge in [0.15, 0.2) is 0 Å². The van der Waals surface area contributed by atoms with Gasteiger partial charge in [0.05, 0.1) is 0 Å². The highest BCUT2D eigenvalue weighted by Gasteiger charge is 2.20. The van der Waals surface area contributed by atoms with E-state index in [1.54, 1.807) is 0 Å². The summed E-state index contributed by atoms with van der Waals surface area (Å²) in [6, 6.07) is 0.605. The topological polar surface area (TPSA) is 41.1 Å². The molecule has 1 unspecified atom stereocenters. The molecule has 88 valence electrons. The van der Waals surface area contributed by atoms with Gasteiger partial charge >= 0.3 is 0 Å². The van der Waals surface area contributed by atoms with Crippen molar-refractivity contribution in [3.8, 4) is 0 Å². The maximum Gasteiger partial charge on any atom is 0.137 e. The Morgan fingerprint density at radius 2 is 2.38 bits per heavy atom. The number of aromatic nitrogens is 2. The summed E-state index contributed by atoms with van der Waals surface area (Å²) in [6.07, 6.45) is 4.03. The molecule has 2 rings (SSSR count). The second kappa shape index (κ2) is 4.97. The zero-order chi connectivity index (χ0) is 11.5. The largest absolute Gasteiger partial charge is 0.368 e. The zero-order valence-electron chi connectivity index (χ0n) is 9.70. The third-order valence-corrected chi connectivity index (χ3v) is 3.58. The molecule has 1 aliphatic heterocycles. The summed E-state index contributed by atoms with van der Waals surface area (Å²) in [5, 5.41) is 3.87. The van der Waals surface area contributed by atoms with Crippen molar-refractivity contribution >= 4 is 17.4 Å². The molecule has 0 spiro atoms. The van der Waals surface area contributed by atoms with Gasteiger partial charge in [-0.25, -0.2) is 9.97 Å². The highest BCUT2D eigenvalue weighted by Crippen LogP contribution is 2.19. The minimum atomic E-state index is 0.525. The lowest BCUT2D eigenvalue weighted by atomic mass is 10.2. The number of rotatable bonds is 3. The predicted molar refractivity (Wildman–Crippen MR) is 65.9 cm³/mol. The molecule has 1 saturated heterocycles.